The number of benzene rings is 2. The Morgan fingerprint density at radius 3 is 2.71 bits per heavy atom. The van der Waals surface area contributed by atoms with Gasteiger partial charge in [-0.3, -0.25) is 4.79 Å². The molecule has 2 aromatic rings. The summed E-state index contributed by atoms with van der Waals surface area (Å²) in [5.41, 5.74) is 4.17. The third kappa shape index (κ3) is 3.51. The van der Waals surface area contributed by atoms with Crippen LogP contribution in [-0.2, 0) is 12.8 Å². The molecule has 0 fully saturated rings. The molecule has 1 amide bonds. The van der Waals surface area contributed by atoms with Crippen molar-refractivity contribution in [3.05, 3.63) is 65.2 Å². The Labute approximate surface area is 143 Å². The van der Waals surface area contributed by atoms with Gasteiger partial charge in [0, 0.05) is 17.3 Å². The third-order valence-corrected chi connectivity index (χ3v) is 4.77. The van der Waals surface area contributed by atoms with Crippen LogP contribution >= 0.6 is 0 Å². The molecule has 1 aliphatic rings. The number of aryl methyl sites for hydroxylation is 2. The van der Waals surface area contributed by atoms with Crippen LogP contribution in [0.3, 0.4) is 0 Å². The van der Waals surface area contributed by atoms with Crippen LogP contribution in [0.15, 0.2) is 48.5 Å². The minimum absolute atomic E-state index is 0.0664. The maximum absolute atomic E-state index is 13.0. The summed E-state index contributed by atoms with van der Waals surface area (Å²) in [4.78, 5) is 15.0. The fourth-order valence-electron chi connectivity index (χ4n) is 3.34. The van der Waals surface area contributed by atoms with E-state index < -0.39 is 0 Å². The molecular formula is C21H25NO2. The summed E-state index contributed by atoms with van der Waals surface area (Å²) in [5.74, 6) is 0.0664. The lowest BCUT2D eigenvalue weighted by Crippen LogP contribution is -2.42. The Morgan fingerprint density at radius 2 is 2.00 bits per heavy atom. The summed E-state index contributed by atoms with van der Waals surface area (Å²) in [6.07, 6.45) is 3.25. The molecule has 24 heavy (non-hydrogen) atoms. The summed E-state index contributed by atoms with van der Waals surface area (Å²) in [6.45, 7) is 3.93. The zero-order valence-corrected chi connectivity index (χ0v) is 14.4. The highest BCUT2D eigenvalue weighted by Gasteiger charge is 2.29. The third-order valence-electron chi connectivity index (χ3n) is 4.77. The molecule has 3 nitrogen and oxygen atoms in total. The molecule has 2 aromatic carbocycles. The zero-order valence-electron chi connectivity index (χ0n) is 14.4. The quantitative estimate of drug-likeness (QED) is 0.924. The van der Waals surface area contributed by atoms with E-state index in [1.807, 2.05) is 42.2 Å². The van der Waals surface area contributed by atoms with Crippen LogP contribution in [0.1, 0.15) is 48.2 Å². The molecule has 0 aliphatic carbocycles. The highest BCUT2D eigenvalue weighted by molar-refractivity contribution is 6.07. The van der Waals surface area contributed by atoms with Crippen molar-refractivity contribution in [2.75, 3.05) is 4.90 Å². The van der Waals surface area contributed by atoms with Gasteiger partial charge in [-0.25, -0.2) is 0 Å². The first-order valence-corrected chi connectivity index (χ1v) is 8.74. The fourth-order valence-corrected chi connectivity index (χ4v) is 3.34. The predicted octanol–water partition coefficient (Wildman–Crippen LogP) is 3.98. The number of amides is 1. The lowest BCUT2D eigenvalue weighted by molar-refractivity contribution is 0.0975. The van der Waals surface area contributed by atoms with Crippen LogP contribution in [-0.4, -0.2) is 23.2 Å². The normalized spacial score (nSPS) is 18.1. The number of rotatable bonds is 4. The highest BCUT2D eigenvalue weighted by atomic mass is 16.3. The van der Waals surface area contributed by atoms with Crippen LogP contribution in [0.2, 0.25) is 0 Å². The largest absolute Gasteiger partial charge is 0.393 e. The van der Waals surface area contributed by atoms with Crippen molar-refractivity contribution in [2.45, 2.75) is 51.7 Å². The van der Waals surface area contributed by atoms with E-state index in [-0.39, 0.29) is 18.1 Å². The molecule has 3 heteroatoms. The van der Waals surface area contributed by atoms with Crippen LogP contribution < -0.4 is 4.90 Å². The van der Waals surface area contributed by atoms with Gasteiger partial charge in [0.05, 0.1) is 6.10 Å². The number of carbonyl (C=O) groups is 1. The molecule has 0 radical (unpaired) electrons. The first-order chi connectivity index (χ1) is 11.6. The van der Waals surface area contributed by atoms with Crippen molar-refractivity contribution < 1.29 is 9.90 Å². The van der Waals surface area contributed by atoms with E-state index in [1.165, 1.54) is 11.1 Å². The zero-order chi connectivity index (χ0) is 17.1. The van der Waals surface area contributed by atoms with Crippen LogP contribution in [0, 0.1) is 0 Å². The van der Waals surface area contributed by atoms with Gasteiger partial charge in [0.15, 0.2) is 0 Å². The van der Waals surface area contributed by atoms with Gasteiger partial charge in [-0.2, -0.15) is 0 Å². The SMILES string of the molecule is C[C@@H]1CCc2ccc(CC[C@@H](C)O)cc2N1C(=O)c1ccccc1. The Balaban J connectivity index is 1.93. The summed E-state index contributed by atoms with van der Waals surface area (Å²) in [6, 6.07) is 16.1. The maximum Gasteiger partial charge on any atom is 0.258 e. The number of nitrogens with zero attached hydrogens (tertiary/aromatic N) is 1. The van der Waals surface area contributed by atoms with E-state index in [0.717, 1.165) is 36.9 Å². The molecule has 1 heterocycles. The van der Waals surface area contributed by atoms with E-state index in [2.05, 4.69) is 25.1 Å². The van der Waals surface area contributed by atoms with E-state index in [9.17, 15) is 9.90 Å². The van der Waals surface area contributed by atoms with Crippen molar-refractivity contribution in [3.8, 4) is 0 Å². The number of aliphatic hydroxyl groups excluding tert-OH is 1. The summed E-state index contributed by atoms with van der Waals surface area (Å²) in [5, 5.41) is 9.52. The minimum atomic E-state index is -0.304. The van der Waals surface area contributed by atoms with Gasteiger partial charge in [-0.1, -0.05) is 30.3 Å². The summed E-state index contributed by atoms with van der Waals surface area (Å²) < 4.78 is 0. The Bertz CT molecular complexity index is 709. The topological polar surface area (TPSA) is 40.5 Å². The van der Waals surface area contributed by atoms with E-state index in [4.69, 9.17) is 0 Å². The molecule has 0 bridgehead atoms. The fraction of sp³-hybridized carbons (Fsp3) is 0.381. The second-order valence-electron chi connectivity index (χ2n) is 6.78. The number of fused-ring (bicyclic) bond motifs is 1. The predicted molar refractivity (Wildman–Crippen MR) is 97.5 cm³/mol. The Morgan fingerprint density at radius 1 is 1.25 bits per heavy atom. The van der Waals surface area contributed by atoms with Crippen LogP contribution in [0.25, 0.3) is 0 Å². The first-order valence-electron chi connectivity index (χ1n) is 8.74. The maximum atomic E-state index is 13.0. The summed E-state index contributed by atoms with van der Waals surface area (Å²) in [7, 11) is 0. The summed E-state index contributed by atoms with van der Waals surface area (Å²) >= 11 is 0. The molecule has 0 unspecified atom stereocenters. The van der Waals surface area contributed by atoms with Gasteiger partial charge < -0.3 is 10.0 Å². The molecular weight excluding hydrogens is 298 g/mol. The Hall–Kier alpha value is -2.13. The van der Waals surface area contributed by atoms with E-state index >= 15 is 0 Å². The average molecular weight is 323 g/mol. The molecule has 3 rings (SSSR count). The molecule has 0 aromatic heterocycles. The number of hydrogen-bond acceptors (Lipinski definition) is 2. The first kappa shape index (κ1) is 16.7. The lowest BCUT2D eigenvalue weighted by atomic mass is 9.93. The van der Waals surface area contributed by atoms with Crippen molar-refractivity contribution in [3.63, 3.8) is 0 Å². The van der Waals surface area contributed by atoms with Gasteiger partial charge >= 0.3 is 0 Å². The van der Waals surface area contributed by atoms with Crippen molar-refractivity contribution >= 4 is 11.6 Å². The van der Waals surface area contributed by atoms with Gasteiger partial charge in [0.2, 0.25) is 0 Å². The number of anilines is 1. The van der Waals surface area contributed by atoms with Gasteiger partial charge in [0.25, 0.3) is 5.91 Å². The standard InChI is InChI=1S/C21H25NO2/c1-15-8-12-18-13-11-17(10-9-16(2)23)14-20(18)22(15)21(24)19-6-4-3-5-7-19/h3-7,11,13-16,23H,8-10,12H2,1-2H3/t15-,16-/m1/s1. The lowest BCUT2D eigenvalue weighted by Gasteiger charge is -2.36. The average Bonchev–Trinajstić information content (AvgIpc) is 2.60. The second kappa shape index (κ2) is 7.18. The number of aliphatic hydroxyl groups is 1. The molecule has 0 saturated heterocycles. The molecule has 1 aliphatic heterocycles. The van der Waals surface area contributed by atoms with Crippen LogP contribution in [0.4, 0.5) is 5.69 Å². The van der Waals surface area contributed by atoms with Gasteiger partial charge in [-0.15, -0.1) is 0 Å². The minimum Gasteiger partial charge on any atom is -0.393 e. The van der Waals surface area contributed by atoms with Gasteiger partial charge in [-0.05, 0) is 68.9 Å². The van der Waals surface area contributed by atoms with Crippen molar-refractivity contribution in [1.82, 2.24) is 0 Å². The molecule has 126 valence electrons. The Kier molecular flexibility index (Phi) is 5.00. The molecule has 2 atom stereocenters. The highest BCUT2D eigenvalue weighted by Crippen LogP contribution is 2.33. The molecule has 0 spiro atoms. The molecule has 0 saturated carbocycles. The number of carbonyl (C=O) groups excluding carboxylic acids is 1. The smallest absolute Gasteiger partial charge is 0.258 e. The van der Waals surface area contributed by atoms with Crippen LogP contribution in [0.5, 0.6) is 0 Å². The van der Waals surface area contributed by atoms with Gasteiger partial charge in [0.1, 0.15) is 0 Å². The van der Waals surface area contributed by atoms with E-state index in [1.54, 1.807) is 0 Å². The van der Waals surface area contributed by atoms with Crippen molar-refractivity contribution in [2.24, 2.45) is 0 Å². The van der Waals surface area contributed by atoms with Crippen molar-refractivity contribution in [1.29, 1.82) is 0 Å². The van der Waals surface area contributed by atoms with E-state index in [0.29, 0.717) is 0 Å². The monoisotopic (exact) mass is 323 g/mol. The molecule has 1 N–H and O–H groups in total. The number of hydrogen-bond donors (Lipinski definition) is 1. The second-order valence-corrected chi connectivity index (χ2v) is 6.78.